The lowest BCUT2D eigenvalue weighted by Crippen LogP contribution is -2.31. The Morgan fingerprint density at radius 1 is 1.47 bits per heavy atom. The van der Waals surface area contributed by atoms with Gasteiger partial charge in [-0.1, -0.05) is 0 Å². The minimum Gasteiger partial charge on any atom is -0.334 e. The Kier molecular flexibility index (Phi) is 3.20. The van der Waals surface area contributed by atoms with E-state index < -0.39 is 0 Å². The Balaban J connectivity index is 1.77. The molecule has 1 aliphatic rings. The van der Waals surface area contributed by atoms with Crippen LogP contribution < -0.4 is 0 Å². The smallest absolute Gasteiger partial charge is 0.196 e. The van der Waals surface area contributed by atoms with E-state index in [4.69, 9.17) is 12.2 Å². The lowest BCUT2D eigenvalue weighted by molar-refractivity contribution is 0.236. The zero-order chi connectivity index (χ0) is 13.4. The fraction of sp³-hybridized carbons (Fsp3) is 0.462. The summed E-state index contributed by atoms with van der Waals surface area (Å²) in [6.07, 6.45) is 2.90. The zero-order valence-corrected chi connectivity index (χ0v) is 12.0. The first-order valence-corrected chi connectivity index (χ1v) is 6.81. The standard InChI is InChI=1S/C13H17N5S/c1-9-5-11(17(2)16-9)8-18-4-3-12-10(7-18)6-14-13(19)15-12/h5-6H,3-4,7-8H2,1-2H3,(H,14,15,19). The topological polar surface area (TPSA) is 49.7 Å². The van der Waals surface area contributed by atoms with Crippen molar-refractivity contribution >= 4 is 12.2 Å². The Labute approximate surface area is 117 Å². The minimum absolute atomic E-state index is 0.578. The van der Waals surface area contributed by atoms with E-state index in [9.17, 15) is 0 Å². The second-order valence-electron chi connectivity index (χ2n) is 5.05. The predicted molar refractivity (Wildman–Crippen MR) is 75.2 cm³/mol. The first-order chi connectivity index (χ1) is 9.11. The largest absolute Gasteiger partial charge is 0.334 e. The SMILES string of the molecule is Cc1cc(CN2CCc3[nH]c(=S)ncc3C2)n(C)n1. The van der Waals surface area contributed by atoms with Crippen molar-refractivity contribution in [1.82, 2.24) is 24.6 Å². The number of aromatic amines is 1. The highest BCUT2D eigenvalue weighted by Gasteiger charge is 2.18. The zero-order valence-electron chi connectivity index (χ0n) is 11.2. The van der Waals surface area contributed by atoms with Gasteiger partial charge in [0, 0.05) is 50.6 Å². The Morgan fingerprint density at radius 2 is 2.32 bits per heavy atom. The van der Waals surface area contributed by atoms with Crippen molar-refractivity contribution in [1.29, 1.82) is 0 Å². The van der Waals surface area contributed by atoms with Crippen molar-refractivity contribution in [2.45, 2.75) is 26.4 Å². The molecule has 0 saturated heterocycles. The van der Waals surface area contributed by atoms with E-state index in [1.807, 2.05) is 24.9 Å². The molecule has 100 valence electrons. The van der Waals surface area contributed by atoms with Crippen molar-refractivity contribution in [2.24, 2.45) is 7.05 Å². The number of fused-ring (bicyclic) bond motifs is 1. The molecule has 0 bridgehead atoms. The molecule has 0 aliphatic carbocycles. The molecular formula is C13H17N5S. The van der Waals surface area contributed by atoms with Gasteiger partial charge in [-0.05, 0) is 25.2 Å². The van der Waals surface area contributed by atoms with Crippen LogP contribution >= 0.6 is 12.2 Å². The molecule has 2 aromatic rings. The number of rotatable bonds is 2. The number of nitrogens with zero attached hydrogens (tertiary/aromatic N) is 4. The van der Waals surface area contributed by atoms with Crippen LogP contribution in [-0.4, -0.2) is 31.2 Å². The molecule has 0 fully saturated rings. The van der Waals surface area contributed by atoms with Gasteiger partial charge in [-0.2, -0.15) is 5.10 Å². The maximum atomic E-state index is 5.06. The molecule has 0 atom stereocenters. The van der Waals surface area contributed by atoms with Crippen molar-refractivity contribution < 1.29 is 0 Å². The van der Waals surface area contributed by atoms with Crippen molar-refractivity contribution in [3.8, 4) is 0 Å². The first-order valence-electron chi connectivity index (χ1n) is 6.41. The lowest BCUT2D eigenvalue weighted by Gasteiger charge is -2.27. The number of H-pyrrole nitrogens is 1. The molecule has 3 rings (SSSR count). The average Bonchev–Trinajstić information content (AvgIpc) is 2.68. The second-order valence-corrected chi connectivity index (χ2v) is 5.44. The number of aryl methyl sites for hydroxylation is 2. The fourth-order valence-electron chi connectivity index (χ4n) is 2.58. The third kappa shape index (κ3) is 2.59. The van der Waals surface area contributed by atoms with Gasteiger partial charge < -0.3 is 4.98 Å². The number of nitrogens with one attached hydrogen (secondary N) is 1. The van der Waals surface area contributed by atoms with Crippen LogP contribution in [0.25, 0.3) is 0 Å². The molecule has 3 heterocycles. The summed E-state index contributed by atoms with van der Waals surface area (Å²) < 4.78 is 2.54. The van der Waals surface area contributed by atoms with Gasteiger partial charge in [0.05, 0.1) is 11.4 Å². The van der Waals surface area contributed by atoms with Crippen LogP contribution in [0.15, 0.2) is 12.3 Å². The quantitative estimate of drug-likeness (QED) is 0.848. The summed E-state index contributed by atoms with van der Waals surface area (Å²) in [4.78, 5) is 9.77. The predicted octanol–water partition coefficient (Wildman–Crippen LogP) is 1.74. The summed E-state index contributed by atoms with van der Waals surface area (Å²) in [6.45, 7) is 4.90. The van der Waals surface area contributed by atoms with E-state index in [2.05, 4.69) is 26.0 Å². The van der Waals surface area contributed by atoms with Crippen molar-refractivity contribution in [3.05, 3.63) is 39.7 Å². The molecular weight excluding hydrogens is 258 g/mol. The van der Waals surface area contributed by atoms with Gasteiger partial charge in [0.2, 0.25) is 0 Å². The van der Waals surface area contributed by atoms with Gasteiger partial charge in [0.1, 0.15) is 0 Å². The van der Waals surface area contributed by atoms with Crippen LogP contribution in [0.5, 0.6) is 0 Å². The minimum atomic E-state index is 0.578. The van der Waals surface area contributed by atoms with Crippen LogP contribution in [0.1, 0.15) is 22.6 Å². The van der Waals surface area contributed by atoms with Crippen LogP contribution in [0.4, 0.5) is 0 Å². The summed E-state index contributed by atoms with van der Waals surface area (Å²) in [5.74, 6) is 0. The van der Waals surface area contributed by atoms with E-state index in [0.29, 0.717) is 4.77 Å². The summed E-state index contributed by atoms with van der Waals surface area (Å²) in [5, 5.41) is 4.39. The van der Waals surface area contributed by atoms with Gasteiger partial charge in [-0.15, -0.1) is 0 Å². The average molecular weight is 275 g/mol. The molecule has 0 unspecified atom stereocenters. The summed E-state index contributed by atoms with van der Waals surface area (Å²) in [5.41, 5.74) is 4.80. The van der Waals surface area contributed by atoms with Crippen LogP contribution in [-0.2, 0) is 26.6 Å². The van der Waals surface area contributed by atoms with Gasteiger partial charge in [0.25, 0.3) is 0 Å². The number of aromatic nitrogens is 4. The van der Waals surface area contributed by atoms with E-state index in [1.54, 1.807) is 0 Å². The van der Waals surface area contributed by atoms with E-state index in [-0.39, 0.29) is 0 Å². The van der Waals surface area contributed by atoms with Gasteiger partial charge in [-0.3, -0.25) is 9.58 Å². The molecule has 1 aliphatic heterocycles. The first kappa shape index (κ1) is 12.5. The monoisotopic (exact) mass is 275 g/mol. The molecule has 0 aromatic carbocycles. The van der Waals surface area contributed by atoms with E-state index >= 15 is 0 Å². The van der Waals surface area contributed by atoms with Crippen molar-refractivity contribution in [2.75, 3.05) is 6.54 Å². The molecule has 6 heteroatoms. The lowest BCUT2D eigenvalue weighted by atomic mass is 10.1. The highest BCUT2D eigenvalue weighted by molar-refractivity contribution is 7.71. The summed E-state index contributed by atoms with van der Waals surface area (Å²) in [6, 6.07) is 2.15. The number of hydrogen-bond donors (Lipinski definition) is 1. The molecule has 2 aromatic heterocycles. The highest BCUT2D eigenvalue weighted by Crippen LogP contribution is 2.18. The normalized spacial score (nSPS) is 15.5. The second kappa shape index (κ2) is 4.86. The molecule has 0 saturated carbocycles. The summed E-state index contributed by atoms with van der Waals surface area (Å²) >= 11 is 5.06. The van der Waals surface area contributed by atoms with Gasteiger partial charge in [-0.25, -0.2) is 4.98 Å². The maximum absolute atomic E-state index is 5.06. The maximum Gasteiger partial charge on any atom is 0.196 e. The Morgan fingerprint density at radius 3 is 3.05 bits per heavy atom. The summed E-state index contributed by atoms with van der Waals surface area (Å²) in [7, 11) is 2.00. The van der Waals surface area contributed by atoms with Gasteiger partial charge >= 0.3 is 0 Å². The Bertz CT molecular complexity index is 657. The third-order valence-electron chi connectivity index (χ3n) is 3.54. The Hall–Kier alpha value is -1.53. The molecule has 0 amide bonds. The van der Waals surface area contributed by atoms with E-state index in [1.165, 1.54) is 17.0 Å². The molecule has 0 spiro atoms. The molecule has 5 nitrogen and oxygen atoms in total. The van der Waals surface area contributed by atoms with Crippen LogP contribution in [0, 0.1) is 11.7 Å². The van der Waals surface area contributed by atoms with Crippen LogP contribution in [0.3, 0.4) is 0 Å². The molecule has 19 heavy (non-hydrogen) atoms. The van der Waals surface area contributed by atoms with Gasteiger partial charge in [0.15, 0.2) is 4.77 Å². The van der Waals surface area contributed by atoms with Crippen LogP contribution in [0.2, 0.25) is 0 Å². The highest BCUT2D eigenvalue weighted by atomic mass is 32.1. The molecule has 0 radical (unpaired) electrons. The van der Waals surface area contributed by atoms with E-state index in [0.717, 1.165) is 31.7 Å². The number of hydrogen-bond acceptors (Lipinski definition) is 4. The molecule has 1 N–H and O–H groups in total. The van der Waals surface area contributed by atoms with Crippen molar-refractivity contribution in [3.63, 3.8) is 0 Å². The third-order valence-corrected chi connectivity index (χ3v) is 3.75. The fourth-order valence-corrected chi connectivity index (χ4v) is 2.76.